The number of nitrogens with zero attached hydrogens (tertiary/aromatic N) is 2. The average molecular weight is 298 g/mol. The summed E-state index contributed by atoms with van der Waals surface area (Å²) in [4.78, 5) is 7.79. The molecule has 0 bridgehead atoms. The van der Waals surface area contributed by atoms with Gasteiger partial charge >= 0.3 is 105 Å². The second-order valence-electron chi connectivity index (χ2n) is 3.27. The molecule has 6 heteroatoms. The van der Waals surface area contributed by atoms with Gasteiger partial charge in [-0.25, -0.2) is 0 Å². The number of ether oxygens (including phenoxy) is 1. The van der Waals surface area contributed by atoms with E-state index in [1.54, 1.807) is 0 Å². The van der Waals surface area contributed by atoms with Crippen molar-refractivity contribution >= 4 is 21.5 Å². The predicted molar refractivity (Wildman–Crippen MR) is 62.1 cm³/mol. The third-order valence-electron chi connectivity index (χ3n) is 2.18. The van der Waals surface area contributed by atoms with Gasteiger partial charge in [0.2, 0.25) is 0 Å². The third-order valence-corrected chi connectivity index (χ3v) is 2.77. The van der Waals surface area contributed by atoms with Crippen molar-refractivity contribution in [2.75, 3.05) is 7.11 Å². The molecule has 0 fully saturated rings. The summed E-state index contributed by atoms with van der Waals surface area (Å²) in [7, 11) is 1.40. The number of hydrogen-bond donors (Lipinski definition) is 0. The van der Waals surface area contributed by atoms with E-state index in [9.17, 15) is 8.78 Å². The van der Waals surface area contributed by atoms with Crippen LogP contribution >= 0.6 is 0 Å². The predicted octanol–water partition coefficient (Wildman–Crippen LogP) is 0.689. The first-order chi connectivity index (χ1) is 8.11. The molecule has 0 aliphatic carbocycles. The standard InChI is InChI=1S/C11H9AsF2N2O/c1-17-9-4-6(13)2-3-7(9)10-8(14)5-15-11(12)16-10/h2-5H,12H2,1H3. The second-order valence-corrected chi connectivity index (χ2v) is 4.35. The van der Waals surface area contributed by atoms with Crippen LogP contribution in [0.5, 0.6) is 5.75 Å². The molecule has 2 rings (SSSR count). The van der Waals surface area contributed by atoms with E-state index in [2.05, 4.69) is 9.97 Å². The molecular formula is C11H9AsF2N2O. The number of benzene rings is 1. The molecule has 0 aliphatic heterocycles. The van der Waals surface area contributed by atoms with E-state index in [0.717, 1.165) is 6.20 Å². The van der Waals surface area contributed by atoms with Gasteiger partial charge in [0, 0.05) is 0 Å². The summed E-state index contributed by atoms with van der Waals surface area (Å²) in [6, 6.07) is 3.86. The van der Waals surface area contributed by atoms with Crippen molar-refractivity contribution < 1.29 is 13.5 Å². The molecule has 0 amide bonds. The van der Waals surface area contributed by atoms with Crippen molar-refractivity contribution in [2.45, 2.75) is 0 Å². The SMILES string of the molecule is COc1cc(F)ccc1-c1nc([AsH2])ncc1F. The molecule has 0 saturated carbocycles. The first kappa shape index (κ1) is 12.0. The Morgan fingerprint density at radius 1 is 1.29 bits per heavy atom. The van der Waals surface area contributed by atoms with Gasteiger partial charge in [-0.05, 0) is 0 Å². The number of hydrogen-bond acceptors (Lipinski definition) is 3. The zero-order valence-corrected chi connectivity index (χ0v) is 11.4. The Labute approximate surface area is 105 Å². The zero-order valence-electron chi connectivity index (χ0n) is 8.95. The summed E-state index contributed by atoms with van der Waals surface area (Å²) in [6.07, 6.45) is 1.10. The number of rotatable bonds is 2. The van der Waals surface area contributed by atoms with E-state index in [1.165, 1.54) is 42.2 Å². The fourth-order valence-corrected chi connectivity index (χ4v) is 1.86. The average Bonchev–Trinajstić information content (AvgIpc) is 2.32. The summed E-state index contributed by atoms with van der Waals surface area (Å²) < 4.78 is 32.1. The van der Waals surface area contributed by atoms with E-state index in [0.29, 0.717) is 10.2 Å². The van der Waals surface area contributed by atoms with Crippen LogP contribution in [-0.2, 0) is 0 Å². The van der Waals surface area contributed by atoms with Gasteiger partial charge in [0.25, 0.3) is 0 Å². The van der Waals surface area contributed by atoms with Crippen LogP contribution in [0.2, 0.25) is 0 Å². The summed E-state index contributed by atoms with van der Waals surface area (Å²) in [5, 5.41) is 0. The van der Waals surface area contributed by atoms with Crippen LogP contribution in [0.4, 0.5) is 8.78 Å². The molecule has 1 atom stereocenters. The van der Waals surface area contributed by atoms with Crippen LogP contribution in [0.25, 0.3) is 11.3 Å². The molecule has 1 heterocycles. The molecule has 3 nitrogen and oxygen atoms in total. The first-order valence-electron chi connectivity index (χ1n) is 4.73. The topological polar surface area (TPSA) is 35.0 Å². The molecule has 0 radical (unpaired) electrons. The second kappa shape index (κ2) is 4.80. The van der Waals surface area contributed by atoms with Crippen LogP contribution in [-0.4, -0.2) is 33.9 Å². The van der Waals surface area contributed by atoms with Gasteiger partial charge in [-0.1, -0.05) is 0 Å². The Balaban J connectivity index is 2.63. The molecular weight excluding hydrogens is 289 g/mol. The molecule has 88 valence electrons. The van der Waals surface area contributed by atoms with Crippen molar-refractivity contribution in [3.8, 4) is 17.0 Å². The minimum absolute atomic E-state index is 0.122. The number of methoxy groups -OCH3 is 1. The van der Waals surface area contributed by atoms with E-state index in [-0.39, 0.29) is 11.4 Å². The third kappa shape index (κ3) is 2.44. The quantitative estimate of drug-likeness (QED) is 0.765. The molecule has 1 aromatic heterocycles. The van der Waals surface area contributed by atoms with Gasteiger partial charge in [0.05, 0.1) is 0 Å². The monoisotopic (exact) mass is 298 g/mol. The van der Waals surface area contributed by atoms with Crippen LogP contribution in [0, 0.1) is 11.6 Å². The van der Waals surface area contributed by atoms with Gasteiger partial charge in [-0.15, -0.1) is 0 Å². The normalized spacial score (nSPS) is 10.4. The first-order valence-corrected chi connectivity index (χ1v) is 5.95. The van der Waals surface area contributed by atoms with E-state index in [1.807, 2.05) is 0 Å². The van der Waals surface area contributed by atoms with Crippen LogP contribution in [0.3, 0.4) is 0 Å². The van der Waals surface area contributed by atoms with Crippen molar-refractivity contribution in [1.29, 1.82) is 0 Å². The Kier molecular flexibility index (Phi) is 3.38. The fraction of sp³-hybridized carbons (Fsp3) is 0.0909. The van der Waals surface area contributed by atoms with Crippen LogP contribution in [0.1, 0.15) is 0 Å². The summed E-state index contributed by atoms with van der Waals surface area (Å²) >= 11 is 1.19. The molecule has 17 heavy (non-hydrogen) atoms. The van der Waals surface area contributed by atoms with E-state index in [4.69, 9.17) is 4.74 Å². The van der Waals surface area contributed by atoms with Gasteiger partial charge < -0.3 is 0 Å². The summed E-state index contributed by atoms with van der Waals surface area (Å²) in [5.41, 5.74) is 0.531. The number of halogens is 2. The Hall–Kier alpha value is -1.48. The fourth-order valence-electron chi connectivity index (χ4n) is 1.43. The molecule has 0 aliphatic rings. The molecule has 0 spiro atoms. The molecule has 1 unspecified atom stereocenters. The van der Waals surface area contributed by atoms with Gasteiger partial charge in [-0.2, -0.15) is 0 Å². The maximum atomic E-state index is 13.6. The van der Waals surface area contributed by atoms with Crippen molar-refractivity contribution in [1.82, 2.24) is 9.97 Å². The molecule has 1 aromatic carbocycles. The van der Waals surface area contributed by atoms with Crippen LogP contribution in [0.15, 0.2) is 24.4 Å². The summed E-state index contributed by atoms with van der Waals surface area (Å²) in [5.74, 6) is -0.758. The van der Waals surface area contributed by atoms with Crippen molar-refractivity contribution in [2.24, 2.45) is 0 Å². The van der Waals surface area contributed by atoms with Gasteiger partial charge in [-0.3, -0.25) is 0 Å². The van der Waals surface area contributed by atoms with Crippen molar-refractivity contribution in [3.63, 3.8) is 0 Å². The van der Waals surface area contributed by atoms with Crippen molar-refractivity contribution in [3.05, 3.63) is 36.0 Å². The number of aromatic nitrogens is 2. The van der Waals surface area contributed by atoms with Crippen LogP contribution < -0.4 is 9.35 Å². The zero-order chi connectivity index (χ0) is 12.4. The van der Waals surface area contributed by atoms with E-state index >= 15 is 0 Å². The minimum atomic E-state index is -0.559. The molecule has 2 aromatic rings. The van der Waals surface area contributed by atoms with Gasteiger partial charge in [0.1, 0.15) is 0 Å². The van der Waals surface area contributed by atoms with Gasteiger partial charge in [0.15, 0.2) is 0 Å². The maximum absolute atomic E-state index is 13.6. The Bertz CT molecular complexity index is 563. The molecule has 0 N–H and O–H groups in total. The Morgan fingerprint density at radius 2 is 2.06 bits per heavy atom. The summed E-state index contributed by atoms with van der Waals surface area (Å²) in [6.45, 7) is 0. The molecule has 0 saturated heterocycles. The van der Waals surface area contributed by atoms with E-state index < -0.39 is 11.6 Å². The Morgan fingerprint density at radius 3 is 2.76 bits per heavy atom.